The summed E-state index contributed by atoms with van der Waals surface area (Å²) in [5, 5.41) is 11.2. The molecule has 1 aromatic heterocycles. The normalized spacial score (nSPS) is 11.0. The first-order chi connectivity index (χ1) is 11.7. The Morgan fingerprint density at radius 3 is 2.56 bits per heavy atom. The quantitative estimate of drug-likeness (QED) is 0.610. The van der Waals surface area contributed by atoms with Crippen LogP contribution in [0, 0.1) is 15.5 Å². The van der Waals surface area contributed by atoms with Crippen LogP contribution in [0.5, 0.6) is 5.75 Å². The number of hydrogen-bond donors (Lipinski definition) is 0. The first-order valence-electron chi connectivity index (χ1n) is 7.77. The number of hydrogen-bond acceptors (Lipinski definition) is 5. The molecule has 1 aromatic carbocycles. The average molecular weight is 343 g/mol. The molecule has 25 heavy (non-hydrogen) atoms. The minimum absolute atomic E-state index is 0.116. The van der Waals surface area contributed by atoms with Crippen molar-refractivity contribution in [1.29, 1.82) is 0 Å². The van der Waals surface area contributed by atoms with E-state index in [9.17, 15) is 14.9 Å². The molecule has 7 heteroatoms. The predicted octanol–water partition coefficient (Wildman–Crippen LogP) is 3.69. The van der Waals surface area contributed by atoms with Crippen LogP contribution in [0.1, 0.15) is 31.1 Å². The first-order valence-corrected chi connectivity index (χ1v) is 7.77. The number of rotatable bonds is 5. The Labute approximate surface area is 146 Å². The molecule has 0 saturated carbocycles. The van der Waals surface area contributed by atoms with Crippen molar-refractivity contribution in [2.45, 2.75) is 20.8 Å². The van der Waals surface area contributed by atoms with E-state index < -0.39 is 4.92 Å². The summed E-state index contributed by atoms with van der Waals surface area (Å²) in [7, 11) is 1.35. The highest BCUT2D eigenvalue weighted by Crippen LogP contribution is 2.29. The molecule has 1 heterocycles. The summed E-state index contributed by atoms with van der Waals surface area (Å²) < 4.78 is 4.99. The van der Waals surface area contributed by atoms with Crippen molar-refractivity contribution < 1.29 is 14.5 Å². The fourth-order valence-electron chi connectivity index (χ4n) is 2.39. The van der Waals surface area contributed by atoms with E-state index in [0.717, 1.165) is 0 Å². The summed E-state index contributed by atoms with van der Waals surface area (Å²) in [5.74, 6) is -0.209. The molecule has 0 bridgehead atoms. The standard InChI is InChI=1S/C18H21N3O4/c1-18(2,3)12-20(14-6-5-9-19-11-14)17(22)13-7-8-16(25-4)15(10-13)21(23)24/h5-11H,12H2,1-4H3. The summed E-state index contributed by atoms with van der Waals surface area (Å²) in [5.41, 5.74) is 0.459. The smallest absolute Gasteiger partial charge is 0.311 e. The molecule has 7 nitrogen and oxygen atoms in total. The van der Waals surface area contributed by atoms with Crippen molar-refractivity contribution in [2.75, 3.05) is 18.6 Å². The second-order valence-electron chi connectivity index (χ2n) is 6.81. The lowest BCUT2D eigenvalue weighted by Crippen LogP contribution is -2.38. The van der Waals surface area contributed by atoms with Crippen LogP contribution >= 0.6 is 0 Å². The first kappa shape index (κ1) is 18.4. The number of carbonyl (C=O) groups excluding carboxylic acids is 1. The van der Waals surface area contributed by atoms with E-state index in [2.05, 4.69) is 4.98 Å². The second-order valence-corrected chi connectivity index (χ2v) is 6.81. The molecule has 0 radical (unpaired) electrons. The van der Waals surface area contributed by atoms with Gasteiger partial charge in [-0.15, -0.1) is 0 Å². The molecular formula is C18H21N3O4. The Morgan fingerprint density at radius 1 is 1.32 bits per heavy atom. The highest BCUT2D eigenvalue weighted by molar-refractivity contribution is 6.06. The summed E-state index contributed by atoms with van der Waals surface area (Å²) in [6, 6.07) is 7.74. The van der Waals surface area contributed by atoms with Gasteiger partial charge in [0.15, 0.2) is 5.75 Å². The van der Waals surface area contributed by atoms with Gasteiger partial charge in [0, 0.05) is 24.4 Å². The predicted molar refractivity (Wildman–Crippen MR) is 95.0 cm³/mol. The van der Waals surface area contributed by atoms with E-state index in [1.165, 1.54) is 25.3 Å². The Morgan fingerprint density at radius 2 is 2.04 bits per heavy atom. The molecule has 0 N–H and O–H groups in total. The summed E-state index contributed by atoms with van der Waals surface area (Å²) in [4.78, 5) is 29.3. The van der Waals surface area contributed by atoms with E-state index >= 15 is 0 Å². The zero-order valence-electron chi connectivity index (χ0n) is 14.7. The maximum Gasteiger partial charge on any atom is 0.311 e. The third-order valence-corrected chi connectivity index (χ3v) is 3.46. The summed E-state index contributed by atoms with van der Waals surface area (Å²) >= 11 is 0. The maximum absolute atomic E-state index is 13.0. The van der Waals surface area contributed by atoms with Crippen LogP contribution in [-0.2, 0) is 0 Å². The number of ether oxygens (including phenoxy) is 1. The van der Waals surface area contributed by atoms with Gasteiger partial charge in [-0.3, -0.25) is 19.9 Å². The molecular weight excluding hydrogens is 322 g/mol. The topological polar surface area (TPSA) is 85.6 Å². The van der Waals surface area contributed by atoms with Gasteiger partial charge < -0.3 is 9.64 Å². The van der Waals surface area contributed by atoms with Crippen LogP contribution in [0.15, 0.2) is 42.7 Å². The lowest BCUT2D eigenvalue weighted by molar-refractivity contribution is -0.385. The van der Waals surface area contributed by atoms with Crippen molar-refractivity contribution in [3.05, 3.63) is 58.4 Å². The van der Waals surface area contributed by atoms with Crippen molar-refractivity contribution in [3.63, 3.8) is 0 Å². The number of aromatic nitrogens is 1. The average Bonchev–Trinajstić information content (AvgIpc) is 2.58. The molecule has 0 fully saturated rings. The lowest BCUT2D eigenvalue weighted by Gasteiger charge is -2.30. The third kappa shape index (κ3) is 4.53. The number of nitro groups is 1. The van der Waals surface area contributed by atoms with Crippen LogP contribution < -0.4 is 9.64 Å². The number of methoxy groups -OCH3 is 1. The maximum atomic E-state index is 13.0. The van der Waals surface area contributed by atoms with E-state index in [1.807, 2.05) is 20.8 Å². The second kappa shape index (κ2) is 7.29. The monoisotopic (exact) mass is 343 g/mol. The van der Waals surface area contributed by atoms with Crippen molar-refractivity contribution in [3.8, 4) is 5.75 Å². The molecule has 0 aliphatic carbocycles. The Bertz CT molecular complexity index is 770. The van der Waals surface area contributed by atoms with E-state index in [1.54, 1.807) is 29.4 Å². The summed E-state index contributed by atoms with van der Waals surface area (Å²) in [6.07, 6.45) is 3.23. The van der Waals surface area contributed by atoms with Crippen LogP contribution in [0.3, 0.4) is 0 Å². The zero-order chi connectivity index (χ0) is 18.6. The molecule has 0 aliphatic heterocycles. The molecule has 0 saturated heterocycles. The number of anilines is 1. The lowest BCUT2D eigenvalue weighted by atomic mass is 9.95. The number of carbonyl (C=O) groups is 1. The molecule has 132 valence electrons. The SMILES string of the molecule is COc1ccc(C(=O)N(CC(C)(C)C)c2cccnc2)cc1[N+](=O)[O-]. The zero-order valence-corrected chi connectivity index (χ0v) is 14.7. The highest BCUT2D eigenvalue weighted by Gasteiger charge is 2.26. The highest BCUT2D eigenvalue weighted by atomic mass is 16.6. The number of nitro benzene ring substituents is 1. The number of pyridine rings is 1. The van der Waals surface area contributed by atoms with Crippen LogP contribution in [0.4, 0.5) is 11.4 Å². The van der Waals surface area contributed by atoms with Crippen molar-refractivity contribution in [1.82, 2.24) is 4.98 Å². The Hall–Kier alpha value is -2.96. The summed E-state index contributed by atoms with van der Waals surface area (Å²) in [6.45, 7) is 6.48. The van der Waals surface area contributed by atoms with Gasteiger partial charge in [0.05, 0.1) is 23.9 Å². The van der Waals surface area contributed by atoms with Crippen molar-refractivity contribution >= 4 is 17.3 Å². The van der Waals surface area contributed by atoms with Gasteiger partial charge in [0.25, 0.3) is 5.91 Å². The van der Waals surface area contributed by atoms with E-state index in [-0.39, 0.29) is 28.3 Å². The molecule has 1 amide bonds. The van der Waals surface area contributed by atoms with E-state index in [0.29, 0.717) is 12.2 Å². The van der Waals surface area contributed by atoms with Gasteiger partial charge in [-0.25, -0.2) is 0 Å². The number of benzene rings is 1. The molecule has 0 aliphatic rings. The number of amides is 1. The van der Waals surface area contributed by atoms with Crippen LogP contribution in [0.2, 0.25) is 0 Å². The van der Waals surface area contributed by atoms with Crippen molar-refractivity contribution in [2.24, 2.45) is 5.41 Å². The minimum atomic E-state index is -0.562. The van der Waals surface area contributed by atoms with Gasteiger partial charge in [0.1, 0.15) is 0 Å². The molecule has 0 atom stereocenters. The van der Waals surface area contributed by atoms with Crippen LogP contribution in [-0.4, -0.2) is 29.5 Å². The van der Waals surface area contributed by atoms with Gasteiger partial charge >= 0.3 is 5.69 Å². The largest absolute Gasteiger partial charge is 0.490 e. The minimum Gasteiger partial charge on any atom is -0.490 e. The molecule has 0 unspecified atom stereocenters. The van der Waals surface area contributed by atoms with Crippen LogP contribution in [0.25, 0.3) is 0 Å². The number of nitrogens with zero attached hydrogens (tertiary/aromatic N) is 3. The van der Waals surface area contributed by atoms with Gasteiger partial charge in [-0.2, -0.15) is 0 Å². The van der Waals surface area contributed by atoms with Gasteiger partial charge in [-0.1, -0.05) is 20.8 Å². The molecule has 2 aromatic rings. The Kier molecular flexibility index (Phi) is 5.36. The fraction of sp³-hybridized carbons (Fsp3) is 0.333. The Balaban J connectivity index is 2.46. The van der Waals surface area contributed by atoms with Gasteiger partial charge in [-0.05, 0) is 29.7 Å². The molecule has 0 spiro atoms. The van der Waals surface area contributed by atoms with E-state index in [4.69, 9.17) is 4.74 Å². The molecule has 2 rings (SSSR count). The van der Waals surface area contributed by atoms with Gasteiger partial charge in [0.2, 0.25) is 0 Å². The fourth-order valence-corrected chi connectivity index (χ4v) is 2.39. The third-order valence-electron chi connectivity index (χ3n) is 3.46.